The van der Waals surface area contributed by atoms with E-state index in [0.717, 1.165) is 0 Å². The van der Waals surface area contributed by atoms with E-state index in [4.69, 9.17) is 0 Å². The summed E-state index contributed by atoms with van der Waals surface area (Å²) in [5.74, 6) is 0.558. The molecule has 0 N–H and O–H groups in total. The Morgan fingerprint density at radius 2 is 1.29 bits per heavy atom. The molecule has 110 valence electrons. The molecule has 0 atom stereocenters. The molecule has 21 heavy (non-hydrogen) atoms. The van der Waals surface area contributed by atoms with Crippen LogP contribution >= 0.6 is 0 Å². The summed E-state index contributed by atoms with van der Waals surface area (Å²) in [6, 6.07) is 17.4. The number of hydrogen-bond donors (Lipinski definition) is 0. The predicted octanol–water partition coefficient (Wildman–Crippen LogP) is 6.59. The second kappa shape index (κ2) is 8.97. The van der Waals surface area contributed by atoms with Gasteiger partial charge >= 0.3 is 0 Å². The fourth-order valence-electron chi connectivity index (χ4n) is 2.54. The lowest BCUT2D eigenvalue weighted by Crippen LogP contribution is -1.87. The van der Waals surface area contributed by atoms with Crippen molar-refractivity contribution >= 4 is 0 Å². The molecule has 0 aliphatic heterocycles. The Morgan fingerprint density at radius 1 is 0.857 bits per heavy atom. The first-order valence-corrected chi connectivity index (χ1v) is 7.71. The lowest BCUT2D eigenvalue weighted by Gasteiger charge is -2.04. The zero-order valence-electron chi connectivity index (χ0n) is 13.6. The Bertz CT molecular complexity index is 545. The van der Waals surface area contributed by atoms with E-state index in [2.05, 4.69) is 62.0 Å². The number of hydrogen-bond acceptors (Lipinski definition) is 0. The molecule has 0 heteroatoms. The molecule has 0 saturated heterocycles. The molecule has 3 rings (SSSR count). The molecule has 0 heterocycles. The van der Waals surface area contributed by atoms with Crippen molar-refractivity contribution in [3.63, 3.8) is 0 Å². The largest absolute Gasteiger partial charge is 0.0991 e. The molecular weight excluding hydrogens is 252 g/mol. The molecule has 1 aliphatic rings. The predicted molar refractivity (Wildman–Crippen MR) is 95.8 cm³/mol. The summed E-state index contributed by atoms with van der Waals surface area (Å²) < 4.78 is 0. The zero-order chi connectivity index (χ0) is 15.7. The van der Waals surface area contributed by atoms with Gasteiger partial charge in [0.15, 0.2) is 0 Å². The van der Waals surface area contributed by atoms with Gasteiger partial charge in [0.2, 0.25) is 0 Å². The minimum atomic E-state index is 0.558. The number of benzene rings is 2. The second-order valence-corrected chi connectivity index (χ2v) is 4.66. The van der Waals surface area contributed by atoms with Crippen molar-refractivity contribution in [1.29, 1.82) is 0 Å². The highest BCUT2D eigenvalue weighted by atomic mass is 14.3. The summed E-state index contributed by atoms with van der Waals surface area (Å²) in [6.07, 6.45) is 5.58. The lowest BCUT2D eigenvalue weighted by molar-refractivity contribution is 0.957. The van der Waals surface area contributed by atoms with E-state index in [1.807, 2.05) is 32.9 Å². The van der Waals surface area contributed by atoms with E-state index in [-0.39, 0.29) is 0 Å². The highest BCUT2D eigenvalue weighted by Gasteiger charge is 2.23. The minimum Gasteiger partial charge on any atom is -0.0991 e. The molecule has 0 aromatic heterocycles. The van der Waals surface area contributed by atoms with E-state index >= 15 is 0 Å². The number of fused-ring (bicyclic) bond motifs is 3. The Labute approximate surface area is 129 Å². The Hall–Kier alpha value is -2.08. The first-order valence-electron chi connectivity index (χ1n) is 7.71. The van der Waals surface area contributed by atoms with Crippen molar-refractivity contribution in [1.82, 2.24) is 0 Å². The third-order valence-corrected chi connectivity index (χ3v) is 3.47. The molecule has 0 bridgehead atoms. The van der Waals surface area contributed by atoms with Crippen LogP contribution in [0.25, 0.3) is 11.1 Å². The Morgan fingerprint density at radius 3 is 1.62 bits per heavy atom. The van der Waals surface area contributed by atoms with Gasteiger partial charge in [0, 0.05) is 5.92 Å². The minimum absolute atomic E-state index is 0.558. The van der Waals surface area contributed by atoms with E-state index < -0.39 is 0 Å². The highest BCUT2D eigenvalue weighted by molar-refractivity contribution is 5.78. The van der Waals surface area contributed by atoms with E-state index in [9.17, 15) is 0 Å². The normalized spacial score (nSPS) is 11.6. The quantitative estimate of drug-likeness (QED) is 0.516. The molecule has 0 unspecified atom stereocenters. The van der Waals surface area contributed by atoms with Gasteiger partial charge in [0.25, 0.3) is 0 Å². The van der Waals surface area contributed by atoms with Crippen molar-refractivity contribution in [2.24, 2.45) is 0 Å². The first kappa shape index (κ1) is 17.0. The Kier molecular flexibility index (Phi) is 7.25. The van der Waals surface area contributed by atoms with Crippen molar-refractivity contribution in [3.8, 4) is 11.1 Å². The maximum Gasteiger partial charge on any atom is 0.00733 e. The fraction of sp³-hybridized carbons (Fsp3) is 0.238. The van der Waals surface area contributed by atoms with Crippen LogP contribution < -0.4 is 0 Å². The molecule has 2 aromatic carbocycles. The summed E-state index contributed by atoms with van der Waals surface area (Å²) in [4.78, 5) is 0. The summed E-state index contributed by atoms with van der Waals surface area (Å²) >= 11 is 0. The van der Waals surface area contributed by atoms with Gasteiger partial charge in [-0.25, -0.2) is 0 Å². The number of allylic oxidation sites excluding steroid dienone is 3. The van der Waals surface area contributed by atoms with Crippen LogP contribution in [0, 0.1) is 0 Å². The molecule has 0 saturated carbocycles. The first-order chi connectivity index (χ1) is 10.3. The van der Waals surface area contributed by atoms with Gasteiger partial charge in [-0.1, -0.05) is 94.1 Å². The van der Waals surface area contributed by atoms with Gasteiger partial charge in [-0.15, -0.1) is 0 Å². The Balaban J connectivity index is 0.000000272. The van der Waals surface area contributed by atoms with Crippen LogP contribution in [0.4, 0.5) is 0 Å². The van der Waals surface area contributed by atoms with E-state index in [0.29, 0.717) is 5.92 Å². The third kappa shape index (κ3) is 3.95. The summed E-state index contributed by atoms with van der Waals surface area (Å²) in [7, 11) is 0. The monoisotopic (exact) mass is 278 g/mol. The highest BCUT2D eigenvalue weighted by Crippen LogP contribution is 2.43. The van der Waals surface area contributed by atoms with Gasteiger partial charge in [0.05, 0.1) is 0 Å². The van der Waals surface area contributed by atoms with Gasteiger partial charge < -0.3 is 0 Å². The maximum absolute atomic E-state index is 3.46. The van der Waals surface area contributed by atoms with Gasteiger partial charge in [-0.2, -0.15) is 0 Å². The van der Waals surface area contributed by atoms with Gasteiger partial charge in [-0.05, 0) is 29.2 Å². The van der Waals surface area contributed by atoms with Crippen LogP contribution in [-0.4, -0.2) is 0 Å². The van der Waals surface area contributed by atoms with Crippen molar-refractivity contribution in [3.05, 3.63) is 84.5 Å². The lowest BCUT2D eigenvalue weighted by atomic mass is 10.00. The zero-order valence-corrected chi connectivity index (χ0v) is 13.6. The fourth-order valence-corrected chi connectivity index (χ4v) is 2.54. The number of rotatable bonds is 1. The standard InChI is InChI=1S/C14H12.C5H8.C2H6/c1-10-11-6-2-4-8-13(11)14-9-5-3-7-12(10)14;1-3-5-4-2;1-2/h2-10H,1H3;3-5H,1H2,2H3;1-2H3/b;5-4-;. The smallest absolute Gasteiger partial charge is 0.00733 e. The molecule has 1 aliphatic carbocycles. The van der Waals surface area contributed by atoms with Crippen LogP contribution in [0.5, 0.6) is 0 Å². The maximum atomic E-state index is 3.46. The molecule has 2 aromatic rings. The SMILES string of the molecule is C=C/C=C\C.CC.CC1c2ccccc2-c2ccccc21. The van der Waals surface area contributed by atoms with E-state index in [1.165, 1.54) is 22.3 Å². The average molecular weight is 278 g/mol. The van der Waals surface area contributed by atoms with Crippen LogP contribution in [0.15, 0.2) is 73.3 Å². The average Bonchev–Trinajstić information content (AvgIpc) is 2.85. The third-order valence-electron chi connectivity index (χ3n) is 3.47. The van der Waals surface area contributed by atoms with Crippen molar-refractivity contribution in [2.75, 3.05) is 0 Å². The van der Waals surface area contributed by atoms with Gasteiger partial charge in [-0.3, -0.25) is 0 Å². The second-order valence-electron chi connectivity index (χ2n) is 4.66. The van der Waals surface area contributed by atoms with E-state index in [1.54, 1.807) is 6.08 Å². The molecule has 0 fully saturated rings. The van der Waals surface area contributed by atoms with Crippen LogP contribution in [0.1, 0.15) is 44.7 Å². The molecule has 0 amide bonds. The topological polar surface area (TPSA) is 0 Å². The summed E-state index contributed by atoms with van der Waals surface area (Å²) in [5.41, 5.74) is 5.76. The van der Waals surface area contributed by atoms with Crippen LogP contribution in [-0.2, 0) is 0 Å². The van der Waals surface area contributed by atoms with Gasteiger partial charge in [0.1, 0.15) is 0 Å². The molecule has 0 nitrogen and oxygen atoms in total. The van der Waals surface area contributed by atoms with Crippen molar-refractivity contribution in [2.45, 2.75) is 33.6 Å². The summed E-state index contributed by atoms with van der Waals surface area (Å²) in [6.45, 7) is 11.7. The van der Waals surface area contributed by atoms with Crippen LogP contribution in [0.3, 0.4) is 0 Å². The van der Waals surface area contributed by atoms with Crippen LogP contribution in [0.2, 0.25) is 0 Å². The summed E-state index contributed by atoms with van der Waals surface area (Å²) in [5, 5.41) is 0. The molecule has 0 radical (unpaired) electrons. The molecule has 0 spiro atoms. The van der Waals surface area contributed by atoms with Crippen molar-refractivity contribution < 1.29 is 0 Å². The molecular formula is C21H26.